The molecule has 1 amide bonds. The minimum Gasteiger partial charge on any atom is -0.362 e. The molecule has 1 aliphatic heterocycles. The number of hydrogen-bond acceptors (Lipinski definition) is 4. The van der Waals surface area contributed by atoms with Gasteiger partial charge in [-0.25, -0.2) is 15.1 Å². The highest BCUT2D eigenvalue weighted by Gasteiger charge is 2.47. The molecule has 1 aliphatic carbocycles. The second kappa shape index (κ2) is 8.35. The van der Waals surface area contributed by atoms with E-state index in [0.717, 1.165) is 28.1 Å². The highest BCUT2D eigenvalue weighted by molar-refractivity contribution is 7.98. The van der Waals surface area contributed by atoms with Crippen LogP contribution in [0.2, 0.25) is 0 Å². The van der Waals surface area contributed by atoms with Gasteiger partial charge < -0.3 is 5.32 Å². The first-order valence-corrected chi connectivity index (χ1v) is 11.6. The van der Waals surface area contributed by atoms with Gasteiger partial charge in [-0.15, -0.1) is 11.8 Å². The van der Waals surface area contributed by atoms with Gasteiger partial charge in [0.15, 0.2) is 5.78 Å². The number of ketones is 1. The Labute approximate surface area is 187 Å². The Morgan fingerprint density at radius 2 is 1.94 bits per heavy atom. The summed E-state index contributed by atoms with van der Waals surface area (Å²) in [5.41, 5.74) is 3.08. The first-order chi connectivity index (χ1) is 14.8. The zero-order valence-electron chi connectivity index (χ0n) is 18.1. The van der Waals surface area contributed by atoms with Gasteiger partial charge in [0.2, 0.25) is 0 Å². The van der Waals surface area contributed by atoms with Crippen molar-refractivity contribution >= 4 is 29.3 Å². The van der Waals surface area contributed by atoms with E-state index in [1.165, 1.54) is 0 Å². The predicted molar refractivity (Wildman–Crippen MR) is 123 cm³/mol. The standard InChI is InChI=1S/C25H27N3O2S/c1-15-21(24(30)28-20-7-5-6-12-26-20)22(16-8-10-17(31-4)11-9-16)23-18(27-15)13-25(2,3)14-19(23)29/h5-12,21-22,27H,1,13-14H2,2-4H3,(H,26,28,30)/p+1. The minimum absolute atomic E-state index is 0.106. The van der Waals surface area contributed by atoms with Crippen molar-refractivity contribution in [3.8, 4) is 0 Å². The van der Waals surface area contributed by atoms with Gasteiger partial charge in [-0.2, -0.15) is 0 Å². The van der Waals surface area contributed by atoms with Gasteiger partial charge in [-0.05, 0) is 41.9 Å². The van der Waals surface area contributed by atoms with Gasteiger partial charge in [0.25, 0.3) is 5.82 Å². The third-order valence-electron chi connectivity index (χ3n) is 5.98. The average molecular weight is 435 g/mol. The molecule has 4 rings (SSSR count). The second-order valence-electron chi connectivity index (χ2n) is 8.98. The number of rotatable bonds is 4. The molecule has 1 aromatic carbocycles. The molecule has 2 heterocycles. The van der Waals surface area contributed by atoms with E-state index in [9.17, 15) is 9.59 Å². The van der Waals surface area contributed by atoms with Crippen LogP contribution in [0.3, 0.4) is 0 Å². The van der Waals surface area contributed by atoms with Crippen LogP contribution in [0.4, 0.5) is 5.82 Å². The number of allylic oxidation sites excluding steroid dienone is 2. The highest BCUT2D eigenvalue weighted by atomic mass is 32.2. The lowest BCUT2D eigenvalue weighted by atomic mass is 9.66. The molecule has 0 radical (unpaired) electrons. The summed E-state index contributed by atoms with van der Waals surface area (Å²) in [4.78, 5) is 30.9. The third kappa shape index (κ3) is 4.30. The van der Waals surface area contributed by atoms with Crippen LogP contribution >= 0.6 is 11.8 Å². The molecule has 0 spiro atoms. The van der Waals surface area contributed by atoms with Crippen molar-refractivity contribution < 1.29 is 14.6 Å². The first kappa shape index (κ1) is 21.4. The quantitative estimate of drug-likeness (QED) is 0.703. The molecule has 31 heavy (non-hydrogen) atoms. The van der Waals surface area contributed by atoms with Gasteiger partial charge in [0.05, 0.1) is 6.20 Å². The number of thioether (sulfide) groups is 1. The van der Waals surface area contributed by atoms with E-state index in [-0.39, 0.29) is 23.0 Å². The topological polar surface area (TPSA) is 72.3 Å². The normalized spacial score (nSPS) is 22.5. The fourth-order valence-electron chi connectivity index (χ4n) is 4.61. The lowest BCUT2D eigenvalue weighted by molar-refractivity contribution is -0.360. The Balaban J connectivity index is 1.79. The Hall–Kier alpha value is -2.86. The number of carbonyl (C=O) groups excluding carboxylic acids is 2. The summed E-state index contributed by atoms with van der Waals surface area (Å²) >= 11 is 1.66. The summed E-state index contributed by atoms with van der Waals surface area (Å²) in [6.45, 7) is 8.41. The number of H-pyrrole nitrogens is 1. The molecule has 0 bridgehead atoms. The van der Waals surface area contributed by atoms with Gasteiger partial charge in [-0.3, -0.25) is 4.79 Å². The van der Waals surface area contributed by atoms with Crippen molar-refractivity contribution in [2.75, 3.05) is 11.6 Å². The summed E-state index contributed by atoms with van der Waals surface area (Å²) in [7, 11) is 0. The lowest BCUT2D eigenvalue weighted by Gasteiger charge is -2.41. The predicted octanol–water partition coefficient (Wildman–Crippen LogP) is 4.32. The SMILES string of the molecule is C=C1NC2=C(C(=O)CC(C)(C)C2)C(c2ccc(SC)cc2)C1C(=O)Nc1cccc[nH+]1. The van der Waals surface area contributed by atoms with Crippen LogP contribution in [0.5, 0.6) is 0 Å². The van der Waals surface area contributed by atoms with E-state index < -0.39 is 5.92 Å². The Bertz CT molecular complexity index is 1060. The van der Waals surface area contributed by atoms with Crippen molar-refractivity contribution in [2.24, 2.45) is 11.3 Å². The van der Waals surface area contributed by atoms with Crippen LogP contribution in [-0.2, 0) is 9.59 Å². The molecule has 2 atom stereocenters. The zero-order valence-corrected chi connectivity index (χ0v) is 18.9. The largest absolute Gasteiger partial charge is 0.362 e. The van der Waals surface area contributed by atoms with Crippen LogP contribution in [0.1, 0.15) is 38.2 Å². The minimum atomic E-state index is -0.599. The zero-order chi connectivity index (χ0) is 22.2. The van der Waals surface area contributed by atoms with Crippen LogP contribution in [0.25, 0.3) is 0 Å². The van der Waals surface area contributed by atoms with Crippen LogP contribution in [0, 0.1) is 11.3 Å². The van der Waals surface area contributed by atoms with Crippen molar-refractivity contribution in [3.63, 3.8) is 0 Å². The van der Waals surface area contributed by atoms with Crippen LogP contribution in [0.15, 0.2) is 77.1 Å². The average Bonchev–Trinajstić information content (AvgIpc) is 2.72. The molecule has 2 unspecified atom stereocenters. The number of Topliss-reactive ketones (excluding diaryl/α,β-unsaturated/α-hetero) is 1. The van der Waals surface area contributed by atoms with E-state index in [1.54, 1.807) is 24.0 Å². The number of benzene rings is 1. The molecule has 1 aromatic heterocycles. The summed E-state index contributed by atoms with van der Waals surface area (Å²) < 4.78 is 0. The molecule has 2 aliphatic rings. The van der Waals surface area contributed by atoms with Gasteiger partial charge in [0, 0.05) is 40.3 Å². The molecule has 0 saturated carbocycles. The Kier molecular flexibility index (Phi) is 5.75. The number of pyridine rings is 1. The monoisotopic (exact) mass is 434 g/mol. The molecule has 2 aromatic rings. The number of aromatic nitrogens is 1. The molecular formula is C25H28N3O2S+. The maximum atomic E-state index is 13.4. The number of anilines is 1. The maximum Gasteiger partial charge on any atom is 0.317 e. The molecular weight excluding hydrogens is 406 g/mol. The fraction of sp³-hybridized carbons (Fsp3) is 0.320. The van der Waals surface area contributed by atoms with E-state index in [2.05, 4.69) is 36.0 Å². The number of nitrogens with one attached hydrogen (secondary N) is 3. The summed E-state index contributed by atoms with van der Waals surface area (Å²) in [6, 6.07) is 13.7. The molecule has 3 N–H and O–H groups in total. The van der Waals surface area contributed by atoms with Crippen molar-refractivity contribution in [1.82, 2.24) is 5.32 Å². The maximum absolute atomic E-state index is 13.4. The van der Waals surface area contributed by atoms with E-state index in [0.29, 0.717) is 17.9 Å². The molecule has 6 heteroatoms. The van der Waals surface area contributed by atoms with Crippen LogP contribution in [-0.4, -0.2) is 17.9 Å². The van der Waals surface area contributed by atoms with Gasteiger partial charge in [-0.1, -0.05) is 38.6 Å². The fourth-order valence-corrected chi connectivity index (χ4v) is 5.02. The first-order valence-electron chi connectivity index (χ1n) is 10.4. The summed E-state index contributed by atoms with van der Waals surface area (Å²) in [5, 5.41) is 6.29. The highest BCUT2D eigenvalue weighted by Crippen LogP contribution is 2.48. The van der Waals surface area contributed by atoms with Crippen molar-refractivity contribution in [1.29, 1.82) is 0 Å². The van der Waals surface area contributed by atoms with E-state index in [4.69, 9.17) is 0 Å². The molecule has 0 fully saturated rings. The van der Waals surface area contributed by atoms with Crippen molar-refractivity contribution in [3.05, 3.63) is 77.8 Å². The second-order valence-corrected chi connectivity index (χ2v) is 9.86. The van der Waals surface area contributed by atoms with Gasteiger partial charge >= 0.3 is 5.91 Å². The summed E-state index contributed by atoms with van der Waals surface area (Å²) in [5.74, 6) is -0.449. The van der Waals surface area contributed by atoms with E-state index >= 15 is 0 Å². The Morgan fingerprint density at radius 1 is 1.19 bits per heavy atom. The van der Waals surface area contributed by atoms with E-state index in [1.807, 2.05) is 42.7 Å². The molecule has 160 valence electrons. The van der Waals surface area contributed by atoms with Crippen LogP contribution < -0.4 is 15.6 Å². The number of hydrogen-bond donors (Lipinski definition) is 2. The van der Waals surface area contributed by atoms with Gasteiger partial charge in [0.1, 0.15) is 5.92 Å². The molecule has 5 nitrogen and oxygen atoms in total. The third-order valence-corrected chi connectivity index (χ3v) is 6.72. The van der Waals surface area contributed by atoms with Crippen molar-refractivity contribution in [2.45, 2.75) is 37.5 Å². The number of carbonyl (C=O) groups is 2. The Morgan fingerprint density at radius 3 is 2.58 bits per heavy atom. The number of aromatic amines is 1. The smallest absolute Gasteiger partial charge is 0.317 e. The lowest BCUT2D eigenvalue weighted by Crippen LogP contribution is -2.45. The number of amides is 1. The molecule has 0 saturated heterocycles. The summed E-state index contributed by atoms with van der Waals surface area (Å²) in [6.07, 6.45) is 5.02.